The summed E-state index contributed by atoms with van der Waals surface area (Å²) in [6.07, 6.45) is 4.29. The van der Waals surface area contributed by atoms with Gasteiger partial charge in [0.1, 0.15) is 5.69 Å². The van der Waals surface area contributed by atoms with Gasteiger partial charge in [-0.2, -0.15) is 0 Å². The summed E-state index contributed by atoms with van der Waals surface area (Å²) in [5, 5.41) is 6.40. The highest BCUT2D eigenvalue weighted by atomic mass is 32.1. The van der Waals surface area contributed by atoms with Crippen LogP contribution in [0.5, 0.6) is 0 Å². The maximum Gasteiger partial charge on any atom is 0.273 e. The van der Waals surface area contributed by atoms with Crippen molar-refractivity contribution in [1.82, 2.24) is 15.2 Å². The lowest BCUT2D eigenvalue weighted by molar-refractivity contribution is 0.0602. The standard InChI is InChI=1S/C19H23N3OS/c23-18(22-10-7-19(8-11-22)6-9-20-14-19)16-13-24-17(21-16)12-15-4-2-1-3-5-15/h1-5,13,20H,6-12,14H2. The molecular formula is C19H23N3OS. The summed E-state index contributed by atoms with van der Waals surface area (Å²) < 4.78 is 0. The fourth-order valence-electron chi connectivity index (χ4n) is 3.83. The Kier molecular flexibility index (Phi) is 4.37. The van der Waals surface area contributed by atoms with Gasteiger partial charge in [0.15, 0.2) is 0 Å². The Balaban J connectivity index is 1.38. The van der Waals surface area contributed by atoms with Crippen molar-refractivity contribution in [2.45, 2.75) is 25.7 Å². The third-order valence-electron chi connectivity index (χ3n) is 5.41. The first-order chi connectivity index (χ1) is 11.7. The van der Waals surface area contributed by atoms with Gasteiger partial charge < -0.3 is 10.2 Å². The van der Waals surface area contributed by atoms with Gasteiger partial charge in [-0.15, -0.1) is 11.3 Å². The SMILES string of the molecule is O=C(c1csc(Cc2ccccc2)n1)N1CCC2(CCNC2)CC1. The van der Waals surface area contributed by atoms with Gasteiger partial charge in [0, 0.05) is 31.4 Å². The van der Waals surface area contributed by atoms with Crippen LogP contribution < -0.4 is 5.32 Å². The Labute approximate surface area is 146 Å². The second-order valence-electron chi connectivity index (χ2n) is 7.01. The number of hydrogen-bond donors (Lipinski definition) is 1. The minimum atomic E-state index is 0.103. The number of nitrogens with zero attached hydrogens (tertiary/aromatic N) is 2. The number of piperidine rings is 1. The summed E-state index contributed by atoms with van der Waals surface area (Å²) in [5.41, 5.74) is 2.29. The highest BCUT2D eigenvalue weighted by Gasteiger charge is 2.38. The van der Waals surface area contributed by atoms with Crippen molar-refractivity contribution >= 4 is 17.2 Å². The molecule has 3 heterocycles. The van der Waals surface area contributed by atoms with Crippen molar-refractivity contribution in [1.29, 1.82) is 0 Å². The largest absolute Gasteiger partial charge is 0.337 e. The molecule has 0 unspecified atom stereocenters. The van der Waals surface area contributed by atoms with E-state index in [1.54, 1.807) is 11.3 Å². The van der Waals surface area contributed by atoms with E-state index in [0.717, 1.165) is 50.4 Å². The van der Waals surface area contributed by atoms with Crippen molar-refractivity contribution in [2.75, 3.05) is 26.2 Å². The van der Waals surface area contributed by atoms with Gasteiger partial charge in [0.2, 0.25) is 0 Å². The molecule has 5 heteroatoms. The predicted octanol–water partition coefficient (Wildman–Crippen LogP) is 2.95. The number of rotatable bonds is 3. The molecule has 1 aromatic carbocycles. The highest BCUT2D eigenvalue weighted by Crippen LogP contribution is 2.37. The van der Waals surface area contributed by atoms with Crippen LogP contribution in [-0.4, -0.2) is 42.0 Å². The third kappa shape index (κ3) is 3.23. The Morgan fingerprint density at radius 1 is 1.21 bits per heavy atom. The number of aromatic nitrogens is 1. The van der Waals surface area contributed by atoms with Crippen LogP contribution in [0.3, 0.4) is 0 Å². The molecule has 0 radical (unpaired) electrons. The normalized spacial score (nSPS) is 19.8. The second-order valence-corrected chi connectivity index (χ2v) is 7.95. The molecule has 126 valence electrons. The van der Waals surface area contributed by atoms with Gasteiger partial charge in [0.25, 0.3) is 5.91 Å². The fourth-order valence-corrected chi connectivity index (χ4v) is 4.63. The van der Waals surface area contributed by atoms with E-state index < -0.39 is 0 Å². The molecule has 2 aliphatic heterocycles. The molecular weight excluding hydrogens is 318 g/mol. The van der Waals surface area contributed by atoms with E-state index in [1.165, 1.54) is 12.0 Å². The summed E-state index contributed by atoms with van der Waals surface area (Å²) in [6, 6.07) is 10.3. The van der Waals surface area contributed by atoms with Crippen LogP contribution >= 0.6 is 11.3 Å². The van der Waals surface area contributed by atoms with Gasteiger partial charge in [-0.05, 0) is 36.8 Å². The number of likely N-dealkylation sites (tertiary alicyclic amines) is 1. The molecule has 0 saturated carbocycles. The quantitative estimate of drug-likeness (QED) is 0.933. The number of carbonyl (C=O) groups excluding carboxylic acids is 1. The van der Waals surface area contributed by atoms with E-state index in [2.05, 4.69) is 22.4 Å². The van der Waals surface area contributed by atoms with Gasteiger partial charge in [-0.1, -0.05) is 30.3 Å². The van der Waals surface area contributed by atoms with Crippen LogP contribution in [0.4, 0.5) is 0 Å². The van der Waals surface area contributed by atoms with Gasteiger partial charge in [0.05, 0.1) is 5.01 Å². The molecule has 2 saturated heterocycles. The average Bonchev–Trinajstić information content (AvgIpc) is 3.26. The molecule has 0 atom stereocenters. The topological polar surface area (TPSA) is 45.2 Å². The van der Waals surface area contributed by atoms with E-state index >= 15 is 0 Å². The Bertz CT molecular complexity index is 696. The van der Waals surface area contributed by atoms with Crippen LogP contribution in [-0.2, 0) is 6.42 Å². The van der Waals surface area contributed by atoms with Crippen LogP contribution in [0.15, 0.2) is 35.7 Å². The summed E-state index contributed by atoms with van der Waals surface area (Å²) in [4.78, 5) is 19.3. The molecule has 4 nitrogen and oxygen atoms in total. The lowest BCUT2D eigenvalue weighted by Crippen LogP contribution is -2.44. The second kappa shape index (κ2) is 6.65. The van der Waals surface area contributed by atoms with Crippen molar-refractivity contribution in [3.63, 3.8) is 0 Å². The predicted molar refractivity (Wildman–Crippen MR) is 96.4 cm³/mol. The van der Waals surface area contributed by atoms with E-state index in [-0.39, 0.29) is 5.91 Å². The van der Waals surface area contributed by atoms with Crippen molar-refractivity contribution in [2.24, 2.45) is 5.41 Å². The lowest BCUT2D eigenvalue weighted by Gasteiger charge is -2.38. The van der Waals surface area contributed by atoms with E-state index in [9.17, 15) is 4.79 Å². The number of benzene rings is 1. The van der Waals surface area contributed by atoms with Gasteiger partial charge in [-0.3, -0.25) is 4.79 Å². The zero-order chi connectivity index (χ0) is 16.4. The number of hydrogen-bond acceptors (Lipinski definition) is 4. The Morgan fingerprint density at radius 2 is 2.00 bits per heavy atom. The summed E-state index contributed by atoms with van der Waals surface area (Å²) >= 11 is 1.59. The molecule has 1 aromatic heterocycles. The van der Waals surface area contributed by atoms with Crippen molar-refractivity contribution in [3.05, 3.63) is 52.0 Å². The van der Waals surface area contributed by atoms with Gasteiger partial charge >= 0.3 is 0 Å². The molecule has 1 N–H and O–H groups in total. The lowest BCUT2D eigenvalue weighted by atomic mass is 9.78. The summed E-state index contributed by atoms with van der Waals surface area (Å²) in [7, 11) is 0. The average molecular weight is 341 g/mol. The number of amides is 1. The first-order valence-corrected chi connectivity index (χ1v) is 9.60. The monoisotopic (exact) mass is 341 g/mol. The first kappa shape index (κ1) is 15.8. The molecule has 1 spiro atoms. The highest BCUT2D eigenvalue weighted by molar-refractivity contribution is 7.09. The molecule has 2 aromatic rings. The molecule has 0 aliphatic carbocycles. The maximum absolute atomic E-state index is 12.7. The zero-order valence-electron chi connectivity index (χ0n) is 13.8. The van der Waals surface area contributed by atoms with Crippen LogP contribution in [0.1, 0.15) is 40.3 Å². The minimum absolute atomic E-state index is 0.103. The zero-order valence-corrected chi connectivity index (χ0v) is 14.6. The summed E-state index contributed by atoms with van der Waals surface area (Å²) in [5.74, 6) is 0.103. The smallest absolute Gasteiger partial charge is 0.273 e. The summed E-state index contributed by atoms with van der Waals surface area (Å²) in [6.45, 7) is 3.98. The van der Waals surface area contributed by atoms with Crippen molar-refractivity contribution < 1.29 is 4.79 Å². The van der Waals surface area contributed by atoms with Crippen LogP contribution in [0.25, 0.3) is 0 Å². The number of thiazole rings is 1. The molecule has 2 aliphatic rings. The fraction of sp³-hybridized carbons (Fsp3) is 0.474. The molecule has 1 amide bonds. The van der Waals surface area contributed by atoms with E-state index in [1.807, 2.05) is 28.5 Å². The van der Waals surface area contributed by atoms with Crippen LogP contribution in [0.2, 0.25) is 0 Å². The van der Waals surface area contributed by atoms with Crippen LogP contribution in [0, 0.1) is 5.41 Å². The number of carbonyl (C=O) groups is 1. The van der Waals surface area contributed by atoms with E-state index in [4.69, 9.17) is 0 Å². The van der Waals surface area contributed by atoms with Crippen molar-refractivity contribution in [3.8, 4) is 0 Å². The molecule has 4 rings (SSSR count). The minimum Gasteiger partial charge on any atom is -0.337 e. The third-order valence-corrected chi connectivity index (χ3v) is 6.26. The van der Waals surface area contributed by atoms with Gasteiger partial charge in [-0.25, -0.2) is 4.98 Å². The number of nitrogens with one attached hydrogen (secondary N) is 1. The Morgan fingerprint density at radius 3 is 2.71 bits per heavy atom. The molecule has 2 fully saturated rings. The Hall–Kier alpha value is -1.72. The van der Waals surface area contributed by atoms with E-state index in [0.29, 0.717) is 11.1 Å². The molecule has 24 heavy (non-hydrogen) atoms. The first-order valence-electron chi connectivity index (χ1n) is 8.73. The maximum atomic E-state index is 12.7. The molecule has 0 bridgehead atoms.